The van der Waals surface area contributed by atoms with Gasteiger partial charge >= 0.3 is 0 Å². The summed E-state index contributed by atoms with van der Waals surface area (Å²) in [6, 6.07) is 10.1. The van der Waals surface area contributed by atoms with Gasteiger partial charge in [-0.05, 0) is 42.0 Å². The van der Waals surface area contributed by atoms with E-state index in [1.54, 1.807) is 5.01 Å². The maximum atomic E-state index is 11.2. The first-order chi connectivity index (χ1) is 10.9. The fourth-order valence-corrected chi connectivity index (χ4v) is 5.04. The first-order valence-electron chi connectivity index (χ1n) is 8.25. The molecule has 3 aliphatic rings. The highest BCUT2D eigenvalue weighted by Gasteiger charge is 2.75. The molecule has 0 aromatic heterocycles. The Labute approximate surface area is 142 Å². The molecular weight excluding hydrogens is 306 g/mol. The Kier molecular flexibility index (Phi) is 3.13. The van der Waals surface area contributed by atoms with Crippen LogP contribution >= 0.6 is 12.2 Å². The van der Waals surface area contributed by atoms with E-state index in [-0.39, 0.29) is 5.92 Å². The van der Waals surface area contributed by atoms with E-state index in [1.165, 1.54) is 0 Å². The molecule has 1 aliphatic heterocycles. The van der Waals surface area contributed by atoms with Crippen LogP contribution < -0.4 is 5.32 Å². The highest BCUT2D eigenvalue weighted by atomic mass is 32.1. The topological polar surface area (TPSA) is 47.9 Å². The molecule has 4 rings (SSSR count). The molecule has 0 spiro atoms. The summed E-state index contributed by atoms with van der Waals surface area (Å²) in [5.74, 6) is 1.21. The average molecular weight is 329 g/mol. The zero-order valence-corrected chi connectivity index (χ0v) is 14.6. The summed E-state index contributed by atoms with van der Waals surface area (Å²) in [6.45, 7) is 7.25. The molecule has 5 heteroatoms. The van der Waals surface area contributed by atoms with Crippen molar-refractivity contribution in [1.82, 2.24) is 10.3 Å². The lowest BCUT2D eigenvalue weighted by molar-refractivity contribution is -0.0860. The zero-order valence-electron chi connectivity index (χ0n) is 13.8. The standard InChI is InChI=1S/C18H23N3OS/c1-11-14-15-13(17(15,2)3)9-18(14,22)21(20-11)16(23)19-10-12-7-5-4-6-8-12/h4-8,13-15,22H,9-10H2,1-3H3,(H,19,23)/t13-,14-,15?,18+/m1/s1. The summed E-state index contributed by atoms with van der Waals surface area (Å²) < 4.78 is 0. The summed E-state index contributed by atoms with van der Waals surface area (Å²) in [4.78, 5) is 0. The molecular formula is C18H23N3OS. The fourth-order valence-electron chi connectivity index (χ4n) is 4.77. The molecule has 2 N–H and O–H groups in total. The van der Waals surface area contributed by atoms with Gasteiger partial charge in [0.25, 0.3) is 0 Å². The molecule has 2 fully saturated rings. The molecule has 1 aromatic carbocycles. The minimum atomic E-state index is -0.935. The SMILES string of the molecule is CC1=NN(C(=S)NCc2ccccc2)[C@]2(O)C[C@@H]3C([C@@H]12)C3(C)C. The molecule has 23 heavy (non-hydrogen) atoms. The quantitative estimate of drug-likeness (QED) is 0.819. The highest BCUT2D eigenvalue weighted by molar-refractivity contribution is 7.80. The van der Waals surface area contributed by atoms with Crippen LogP contribution in [0, 0.1) is 23.2 Å². The second-order valence-corrected chi connectivity index (χ2v) is 8.10. The maximum Gasteiger partial charge on any atom is 0.192 e. The van der Waals surface area contributed by atoms with Crippen molar-refractivity contribution in [3.05, 3.63) is 35.9 Å². The Morgan fingerprint density at radius 2 is 2.09 bits per heavy atom. The Morgan fingerprint density at radius 1 is 1.39 bits per heavy atom. The number of thiocarbonyl (C=S) groups is 1. The maximum absolute atomic E-state index is 11.2. The van der Waals surface area contributed by atoms with Gasteiger partial charge in [0, 0.05) is 18.7 Å². The van der Waals surface area contributed by atoms with E-state index in [2.05, 4.69) is 36.4 Å². The number of fused-ring (bicyclic) bond motifs is 3. The zero-order chi connectivity index (χ0) is 16.4. The van der Waals surface area contributed by atoms with Gasteiger partial charge in [-0.15, -0.1) is 0 Å². The molecule has 2 saturated carbocycles. The number of aliphatic hydroxyl groups is 1. The third-order valence-corrected chi connectivity index (χ3v) is 6.39. The number of hydrogen-bond acceptors (Lipinski definition) is 3. The van der Waals surface area contributed by atoms with Gasteiger partial charge in [0.05, 0.1) is 5.92 Å². The number of hydrazone groups is 1. The number of benzene rings is 1. The van der Waals surface area contributed by atoms with Crippen molar-refractivity contribution in [3.8, 4) is 0 Å². The van der Waals surface area contributed by atoms with Crippen LogP contribution in [0.5, 0.6) is 0 Å². The van der Waals surface area contributed by atoms with Crippen molar-refractivity contribution >= 4 is 23.0 Å². The van der Waals surface area contributed by atoms with Crippen LogP contribution in [0.4, 0.5) is 0 Å². The molecule has 122 valence electrons. The number of nitrogens with one attached hydrogen (secondary N) is 1. The van der Waals surface area contributed by atoms with Crippen molar-refractivity contribution < 1.29 is 5.11 Å². The van der Waals surface area contributed by atoms with Crippen LogP contribution in [0.2, 0.25) is 0 Å². The van der Waals surface area contributed by atoms with E-state index in [0.29, 0.717) is 28.9 Å². The molecule has 1 heterocycles. The predicted octanol–water partition coefficient (Wildman–Crippen LogP) is 2.73. The van der Waals surface area contributed by atoms with Gasteiger partial charge in [-0.3, -0.25) is 0 Å². The minimum Gasteiger partial charge on any atom is -0.368 e. The summed E-state index contributed by atoms with van der Waals surface area (Å²) in [5.41, 5.74) is 1.56. The van der Waals surface area contributed by atoms with Crippen LogP contribution in [0.3, 0.4) is 0 Å². The van der Waals surface area contributed by atoms with Crippen molar-refractivity contribution in [2.45, 2.75) is 39.5 Å². The lowest BCUT2D eigenvalue weighted by Gasteiger charge is -2.36. The molecule has 4 nitrogen and oxygen atoms in total. The lowest BCUT2D eigenvalue weighted by Crippen LogP contribution is -2.53. The van der Waals surface area contributed by atoms with E-state index < -0.39 is 5.72 Å². The highest BCUT2D eigenvalue weighted by Crippen LogP contribution is 2.73. The molecule has 4 atom stereocenters. The summed E-state index contributed by atoms with van der Waals surface area (Å²) in [5, 5.41) is 21.3. The first kappa shape index (κ1) is 15.1. The monoisotopic (exact) mass is 329 g/mol. The van der Waals surface area contributed by atoms with Crippen LogP contribution in [0.25, 0.3) is 0 Å². The summed E-state index contributed by atoms with van der Waals surface area (Å²) in [7, 11) is 0. The van der Waals surface area contributed by atoms with Crippen LogP contribution in [0.15, 0.2) is 35.4 Å². The Balaban J connectivity index is 1.49. The van der Waals surface area contributed by atoms with E-state index in [0.717, 1.165) is 17.7 Å². The predicted molar refractivity (Wildman–Crippen MR) is 94.6 cm³/mol. The number of rotatable bonds is 2. The van der Waals surface area contributed by atoms with Gasteiger partial charge in [-0.1, -0.05) is 44.2 Å². The van der Waals surface area contributed by atoms with Gasteiger partial charge in [0.1, 0.15) is 0 Å². The van der Waals surface area contributed by atoms with Crippen LogP contribution in [-0.2, 0) is 6.54 Å². The average Bonchev–Trinajstić information content (AvgIpc) is 2.83. The van der Waals surface area contributed by atoms with E-state index in [9.17, 15) is 5.11 Å². The summed E-state index contributed by atoms with van der Waals surface area (Å²) >= 11 is 5.52. The lowest BCUT2D eigenvalue weighted by atomic mass is 9.84. The fraction of sp³-hybridized carbons (Fsp3) is 0.556. The second kappa shape index (κ2) is 4.77. The van der Waals surface area contributed by atoms with E-state index in [4.69, 9.17) is 12.2 Å². The minimum absolute atomic E-state index is 0.110. The molecule has 0 radical (unpaired) electrons. The van der Waals surface area contributed by atoms with Crippen molar-refractivity contribution in [3.63, 3.8) is 0 Å². The van der Waals surface area contributed by atoms with Gasteiger partial charge < -0.3 is 10.4 Å². The largest absolute Gasteiger partial charge is 0.368 e. The van der Waals surface area contributed by atoms with Crippen molar-refractivity contribution in [2.24, 2.45) is 28.3 Å². The molecule has 0 saturated heterocycles. The first-order valence-corrected chi connectivity index (χ1v) is 8.66. The smallest absolute Gasteiger partial charge is 0.192 e. The van der Waals surface area contributed by atoms with Crippen LogP contribution in [-0.4, -0.2) is 26.7 Å². The normalized spacial score (nSPS) is 36.3. The third kappa shape index (κ3) is 2.06. The third-order valence-electron chi connectivity index (χ3n) is 6.07. The van der Waals surface area contributed by atoms with Crippen molar-refractivity contribution in [1.29, 1.82) is 0 Å². The molecule has 1 unspecified atom stereocenters. The number of nitrogens with zero attached hydrogens (tertiary/aromatic N) is 2. The summed E-state index contributed by atoms with van der Waals surface area (Å²) in [6.07, 6.45) is 0.753. The Hall–Kier alpha value is -1.46. The molecule has 0 bridgehead atoms. The second-order valence-electron chi connectivity index (χ2n) is 7.71. The van der Waals surface area contributed by atoms with E-state index in [1.807, 2.05) is 25.1 Å². The van der Waals surface area contributed by atoms with Gasteiger partial charge in [0.15, 0.2) is 10.8 Å². The van der Waals surface area contributed by atoms with Crippen LogP contribution in [0.1, 0.15) is 32.8 Å². The Bertz CT molecular complexity index is 687. The number of hydrogen-bond donors (Lipinski definition) is 2. The molecule has 1 aromatic rings. The van der Waals surface area contributed by atoms with Gasteiger partial charge in [0.2, 0.25) is 0 Å². The van der Waals surface area contributed by atoms with E-state index >= 15 is 0 Å². The van der Waals surface area contributed by atoms with Gasteiger partial charge in [-0.2, -0.15) is 5.10 Å². The molecule has 0 amide bonds. The van der Waals surface area contributed by atoms with Gasteiger partial charge in [-0.25, -0.2) is 5.01 Å². The van der Waals surface area contributed by atoms with Crippen molar-refractivity contribution in [2.75, 3.05) is 0 Å². The molecule has 2 aliphatic carbocycles. The Morgan fingerprint density at radius 3 is 2.78 bits per heavy atom.